The first-order valence-corrected chi connectivity index (χ1v) is 13.0. The van der Waals surface area contributed by atoms with Crippen molar-refractivity contribution in [3.05, 3.63) is 118 Å². The molecule has 0 saturated carbocycles. The maximum absolute atomic E-state index is 14.2. The Hall–Kier alpha value is -5.11. The van der Waals surface area contributed by atoms with Crippen molar-refractivity contribution >= 4 is 45.5 Å². The monoisotopic (exact) mass is 530 g/mol. The molecule has 8 heteroatoms. The number of imide groups is 1. The van der Waals surface area contributed by atoms with Gasteiger partial charge in [-0.1, -0.05) is 66.7 Å². The van der Waals surface area contributed by atoms with Gasteiger partial charge in [0.15, 0.2) is 0 Å². The van der Waals surface area contributed by atoms with Crippen LogP contribution in [0.5, 0.6) is 5.75 Å². The van der Waals surface area contributed by atoms with E-state index in [2.05, 4.69) is 0 Å². The Kier molecular flexibility index (Phi) is 5.22. The lowest BCUT2D eigenvalue weighted by Crippen LogP contribution is -2.42. The van der Waals surface area contributed by atoms with Crippen LogP contribution in [-0.4, -0.2) is 22.7 Å². The Morgan fingerprint density at radius 1 is 0.850 bits per heavy atom. The summed E-state index contributed by atoms with van der Waals surface area (Å²) in [7, 11) is 0. The van der Waals surface area contributed by atoms with E-state index in [0.29, 0.717) is 16.9 Å². The maximum atomic E-state index is 14.2. The zero-order chi connectivity index (χ0) is 27.7. The number of benzene rings is 4. The average Bonchev–Trinajstić information content (AvgIpc) is 3.22. The summed E-state index contributed by atoms with van der Waals surface area (Å²) in [6.45, 7) is 1.63. The minimum absolute atomic E-state index is 0.136. The number of hydrogen-bond acceptors (Lipinski definition) is 6. The summed E-state index contributed by atoms with van der Waals surface area (Å²) in [6, 6.07) is 25.0. The molecule has 1 fully saturated rings. The van der Waals surface area contributed by atoms with Gasteiger partial charge < -0.3 is 4.74 Å². The van der Waals surface area contributed by atoms with E-state index in [1.807, 2.05) is 66.7 Å². The van der Waals surface area contributed by atoms with Crippen LogP contribution in [0.15, 0.2) is 91.0 Å². The molecule has 0 bridgehead atoms. The summed E-state index contributed by atoms with van der Waals surface area (Å²) < 4.78 is 5.81. The fourth-order valence-corrected chi connectivity index (χ4v) is 6.57. The van der Waals surface area contributed by atoms with Crippen LogP contribution in [0.2, 0.25) is 0 Å². The molecule has 2 aliphatic heterocycles. The Balaban J connectivity index is 1.44. The molecule has 1 saturated heterocycles. The molecular formula is C32H22N2O6. The molecule has 0 radical (unpaired) electrons. The van der Waals surface area contributed by atoms with Crippen LogP contribution in [0.1, 0.15) is 22.6 Å². The highest BCUT2D eigenvalue weighted by atomic mass is 16.6. The summed E-state index contributed by atoms with van der Waals surface area (Å²) in [5, 5.41) is 13.2. The number of carbonyl (C=O) groups excluding carboxylic acids is 3. The molecule has 4 atom stereocenters. The van der Waals surface area contributed by atoms with Gasteiger partial charge in [-0.2, -0.15) is 0 Å². The number of amides is 2. The number of esters is 1. The van der Waals surface area contributed by atoms with Gasteiger partial charge in [0.25, 0.3) is 5.69 Å². The molecule has 0 aromatic heterocycles. The lowest BCUT2D eigenvalue weighted by atomic mass is 9.64. The zero-order valence-corrected chi connectivity index (χ0v) is 21.3. The SMILES string of the molecule is Cc1cc([N+](=O)[O-])ccc1N1C(=O)[C@@H]2[C@@H]3C(=O)Oc4ccc5ccccc5c4C3=C[C@@H](c3ccccc3)[C@H]2C1=O. The number of rotatable bonds is 3. The van der Waals surface area contributed by atoms with Crippen molar-refractivity contribution in [3.8, 4) is 5.75 Å². The molecule has 2 heterocycles. The van der Waals surface area contributed by atoms with E-state index in [1.54, 1.807) is 13.0 Å². The third-order valence-corrected chi connectivity index (χ3v) is 8.30. The molecule has 40 heavy (non-hydrogen) atoms. The lowest BCUT2D eigenvalue weighted by molar-refractivity contribution is -0.384. The summed E-state index contributed by atoms with van der Waals surface area (Å²) in [5.74, 6) is -4.38. The largest absolute Gasteiger partial charge is 0.425 e. The highest BCUT2D eigenvalue weighted by Gasteiger charge is 2.60. The smallest absolute Gasteiger partial charge is 0.319 e. The van der Waals surface area contributed by atoms with Gasteiger partial charge in [0, 0.05) is 23.6 Å². The molecule has 0 N–H and O–H groups in total. The highest BCUT2D eigenvalue weighted by Crippen LogP contribution is 2.56. The van der Waals surface area contributed by atoms with Gasteiger partial charge >= 0.3 is 5.97 Å². The van der Waals surface area contributed by atoms with E-state index in [1.165, 1.54) is 18.2 Å². The van der Waals surface area contributed by atoms with Crippen molar-refractivity contribution < 1.29 is 24.0 Å². The minimum Gasteiger partial charge on any atom is -0.425 e. The molecule has 1 aliphatic carbocycles. The van der Waals surface area contributed by atoms with Gasteiger partial charge in [0.2, 0.25) is 11.8 Å². The number of nitro benzene ring substituents is 1. The Morgan fingerprint density at radius 3 is 2.33 bits per heavy atom. The number of anilines is 1. The molecule has 2 amide bonds. The fourth-order valence-electron chi connectivity index (χ4n) is 6.57. The quantitative estimate of drug-likeness (QED) is 0.113. The number of non-ortho nitro benzene ring substituents is 1. The van der Waals surface area contributed by atoms with Gasteiger partial charge in [0.1, 0.15) is 5.75 Å². The first kappa shape index (κ1) is 24.0. The predicted octanol–water partition coefficient (Wildman–Crippen LogP) is 5.58. The second-order valence-electron chi connectivity index (χ2n) is 10.4. The number of hydrogen-bond donors (Lipinski definition) is 0. The molecule has 4 aromatic rings. The number of aryl methyl sites for hydroxylation is 1. The average molecular weight is 531 g/mol. The number of nitrogens with zero attached hydrogens (tertiary/aromatic N) is 2. The third-order valence-electron chi connectivity index (χ3n) is 8.30. The van der Waals surface area contributed by atoms with Crippen LogP contribution in [0, 0.1) is 34.8 Å². The second-order valence-corrected chi connectivity index (χ2v) is 10.4. The van der Waals surface area contributed by atoms with E-state index in [4.69, 9.17) is 4.74 Å². The van der Waals surface area contributed by atoms with Crippen LogP contribution in [0.4, 0.5) is 11.4 Å². The van der Waals surface area contributed by atoms with E-state index in [-0.39, 0.29) is 11.4 Å². The number of nitro groups is 1. The van der Waals surface area contributed by atoms with Crippen LogP contribution >= 0.6 is 0 Å². The molecule has 4 aromatic carbocycles. The number of ether oxygens (including phenoxy) is 1. The molecule has 8 nitrogen and oxygen atoms in total. The molecule has 0 spiro atoms. The van der Waals surface area contributed by atoms with Crippen LogP contribution in [-0.2, 0) is 14.4 Å². The van der Waals surface area contributed by atoms with Crippen molar-refractivity contribution in [1.82, 2.24) is 0 Å². The molecule has 7 rings (SSSR count). The van der Waals surface area contributed by atoms with Crippen molar-refractivity contribution in [3.63, 3.8) is 0 Å². The Labute approximate surface area is 228 Å². The Morgan fingerprint density at radius 2 is 1.57 bits per heavy atom. The maximum Gasteiger partial charge on any atom is 0.319 e. The van der Waals surface area contributed by atoms with Crippen molar-refractivity contribution in [2.75, 3.05) is 4.90 Å². The molecule has 0 unspecified atom stereocenters. The lowest BCUT2D eigenvalue weighted by Gasteiger charge is -2.38. The van der Waals surface area contributed by atoms with Crippen molar-refractivity contribution in [2.45, 2.75) is 12.8 Å². The summed E-state index contributed by atoms with van der Waals surface area (Å²) in [5.41, 5.74) is 2.85. The number of carbonyl (C=O) groups is 3. The predicted molar refractivity (Wildman–Crippen MR) is 148 cm³/mol. The van der Waals surface area contributed by atoms with E-state index >= 15 is 0 Å². The summed E-state index contributed by atoms with van der Waals surface area (Å²) in [4.78, 5) is 53.8. The topological polar surface area (TPSA) is 107 Å². The normalized spacial score (nSPS) is 23.3. The number of allylic oxidation sites excluding steroid dienone is 1. The minimum atomic E-state index is -0.994. The van der Waals surface area contributed by atoms with Crippen molar-refractivity contribution in [1.29, 1.82) is 0 Å². The summed E-state index contributed by atoms with van der Waals surface area (Å²) >= 11 is 0. The molecular weight excluding hydrogens is 508 g/mol. The standard InChI is InChI=1S/C32H22N2O6/c1-17-15-20(34(38)39)12-13-24(17)33-30(35)27-22(18-7-3-2-4-8-18)16-23-26-21-10-6-5-9-19(21)11-14-25(26)40-32(37)28(23)29(27)31(33)36/h2-16,22,27-29H,1H3/t22-,27+,28+,29-/m0/s1. The van der Waals surface area contributed by atoms with Crippen LogP contribution in [0.25, 0.3) is 16.3 Å². The van der Waals surface area contributed by atoms with Gasteiger partial charge in [0.05, 0.1) is 28.4 Å². The highest BCUT2D eigenvalue weighted by molar-refractivity contribution is 6.25. The zero-order valence-electron chi connectivity index (χ0n) is 21.3. The molecule has 3 aliphatic rings. The van der Waals surface area contributed by atoms with E-state index in [9.17, 15) is 24.5 Å². The van der Waals surface area contributed by atoms with Gasteiger partial charge in [-0.15, -0.1) is 0 Å². The fraction of sp³-hybridized carbons (Fsp3) is 0.156. The number of fused-ring (bicyclic) bond motifs is 7. The van der Waals surface area contributed by atoms with E-state index < -0.39 is 46.4 Å². The van der Waals surface area contributed by atoms with Crippen LogP contribution in [0.3, 0.4) is 0 Å². The van der Waals surface area contributed by atoms with Gasteiger partial charge in [-0.25, -0.2) is 4.90 Å². The van der Waals surface area contributed by atoms with E-state index in [0.717, 1.165) is 26.8 Å². The second kappa shape index (κ2) is 8.71. The van der Waals surface area contributed by atoms with Gasteiger partial charge in [-0.3, -0.25) is 24.5 Å². The first-order valence-electron chi connectivity index (χ1n) is 13.0. The third kappa shape index (κ3) is 3.35. The molecule has 196 valence electrons. The Bertz CT molecular complexity index is 1810. The van der Waals surface area contributed by atoms with Crippen molar-refractivity contribution in [2.24, 2.45) is 17.8 Å². The van der Waals surface area contributed by atoms with Gasteiger partial charge in [-0.05, 0) is 46.5 Å². The summed E-state index contributed by atoms with van der Waals surface area (Å²) in [6.07, 6.45) is 1.96. The van der Waals surface area contributed by atoms with Crippen LogP contribution < -0.4 is 9.64 Å². The first-order chi connectivity index (χ1) is 19.3.